The SMILES string of the molecule is CCNC(=NCc1cccc(-c2ncn[nH]2)c1)NC(C)c1ccccc1Br. The van der Waals surface area contributed by atoms with Crippen molar-refractivity contribution in [2.24, 2.45) is 4.99 Å². The number of H-pyrrole nitrogens is 1. The van der Waals surface area contributed by atoms with Gasteiger partial charge in [0.25, 0.3) is 0 Å². The van der Waals surface area contributed by atoms with Crippen LogP contribution in [0.4, 0.5) is 0 Å². The van der Waals surface area contributed by atoms with Gasteiger partial charge in [-0.1, -0.05) is 52.3 Å². The number of benzene rings is 2. The zero-order valence-corrected chi connectivity index (χ0v) is 17.0. The number of hydrogen-bond acceptors (Lipinski definition) is 3. The molecule has 3 aromatic rings. The summed E-state index contributed by atoms with van der Waals surface area (Å²) in [6, 6.07) is 16.5. The van der Waals surface area contributed by atoms with Gasteiger partial charge in [-0.3, -0.25) is 5.10 Å². The number of hydrogen-bond donors (Lipinski definition) is 3. The summed E-state index contributed by atoms with van der Waals surface area (Å²) in [6.45, 7) is 5.55. The van der Waals surface area contributed by atoms with Crippen molar-refractivity contribution in [2.45, 2.75) is 26.4 Å². The molecule has 0 fully saturated rings. The van der Waals surface area contributed by atoms with Gasteiger partial charge >= 0.3 is 0 Å². The fourth-order valence-corrected chi connectivity index (χ4v) is 3.39. The summed E-state index contributed by atoms with van der Waals surface area (Å²) < 4.78 is 1.08. The van der Waals surface area contributed by atoms with Crippen LogP contribution in [0.2, 0.25) is 0 Å². The van der Waals surface area contributed by atoms with E-state index in [1.807, 2.05) is 30.3 Å². The summed E-state index contributed by atoms with van der Waals surface area (Å²) in [5, 5.41) is 13.6. The molecular weight excluding hydrogens is 404 g/mol. The van der Waals surface area contributed by atoms with E-state index in [1.165, 1.54) is 11.9 Å². The molecule has 0 saturated carbocycles. The maximum Gasteiger partial charge on any atom is 0.192 e. The lowest BCUT2D eigenvalue weighted by molar-refractivity contribution is 0.683. The lowest BCUT2D eigenvalue weighted by Gasteiger charge is -2.19. The maximum atomic E-state index is 4.73. The number of guanidine groups is 1. The van der Waals surface area contributed by atoms with Gasteiger partial charge in [0.15, 0.2) is 11.8 Å². The molecule has 3 rings (SSSR count). The third-order valence-corrected chi connectivity index (χ3v) is 4.83. The molecule has 1 unspecified atom stereocenters. The average molecular weight is 427 g/mol. The molecule has 0 amide bonds. The van der Waals surface area contributed by atoms with Crippen molar-refractivity contribution in [3.8, 4) is 11.4 Å². The first kappa shape index (κ1) is 19.1. The monoisotopic (exact) mass is 426 g/mol. The predicted octanol–water partition coefficient (Wildman–Crippen LogP) is 4.05. The van der Waals surface area contributed by atoms with Crippen LogP contribution in [0.25, 0.3) is 11.4 Å². The van der Waals surface area contributed by atoms with Crippen molar-refractivity contribution >= 4 is 21.9 Å². The van der Waals surface area contributed by atoms with Gasteiger partial charge in [-0.15, -0.1) is 0 Å². The quantitative estimate of drug-likeness (QED) is 0.410. The predicted molar refractivity (Wildman–Crippen MR) is 112 cm³/mol. The molecule has 27 heavy (non-hydrogen) atoms. The van der Waals surface area contributed by atoms with Gasteiger partial charge in [-0.05, 0) is 37.1 Å². The molecule has 140 valence electrons. The fourth-order valence-electron chi connectivity index (χ4n) is 2.76. The van der Waals surface area contributed by atoms with Crippen LogP contribution >= 0.6 is 15.9 Å². The van der Waals surface area contributed by atoms with Crippen LogP contribution in [-0.2, 0) is 6.54 Å². The van der Waals surface area contributed by atoms with Gasteiger partial charge in [-0.25, -0.2) is 9.98 Å². The first-order chi connectivity index (χ1) is 13.2. The topological polar surface area (TPSA) is 78.0 Å². The van der Waals surface area contributed by atoms with Crippen molar-refractivity contribution < 1.29 is 0 Å². The van der Waals surface area contributed by atoms with Crippen molar-refractivity contribution in [3.05, 3.63) is 70.5 Å². The number of aliphatic imine (C=N–C) groups is 1. The molecule has 0 saturated heterocycles. The smallest absolute Gasteiger partial charge is 0.192 e. The van der Waals surface area contributed by atoms with Gasteiger partial charge in [0.2, 0.25) is 0 Å². The molecule has 0 spiro atoms. The largest absolute Gasteiger partial charge is 0.357 e. The molecule has 7 heteroatoms. The van der Waals surface area contributed by atoms with E-state index in [0.29, 0.717) is 6.54 Å². The van der Waals surface area contributed by atoms with Gasteiger partial charge in [0.05, 0.1) is 12.6 Å². The van der Waals surface area contributed by atoms with E-state index in [2.05, 4.69) is 73.8 Å². The van der Waals surface area contributed by atoms with E-state index in [0.717, 1.165) is 33.9 Å². The second-order valence-corrected chi connectivity index (χ2v) is 6.97. The molecule has 3 N–H and O–H groups in total. The highest BCUT2D eigenvalue weighted by molar-refractivity contribution is 9.10. The van der Waals surface area contributed by atoms with Crippen LogP contribution in [0.5, 0.6) is 0 Å². The molecule has 1 heterocycles. The van der Waals surface area contributed by atoms with Gasteiger partial charge in [-0.2, -0.15) is 5.10 Å². The van der Waals surface area contributed by atoms with Crippen LogP contribution < -0.4 is 10.6 Å². The van der Waals surface area contributed by atoms with Crippen molar-refractivity contribution in [1.82, 2.24) is 25.8 Å². The van der Waals surface area contributed by atoms with E-state index in [1.54, 1.807) is 0 Å². The standard InChI is InChI=1S/C20H23BrN6/c1-3-22-20(26-14(2)17-9-4-5-10-18(17)21)23-12-15-7-6-8-16(11-15)19-24-13-25-27-19/h4-11,13-14H,3,12H2,1-2H3,(H2,22,23,26)(H,24,25,27). The minimum atomic E-state index is 0.124. The maximum absolute atomic E-state index is 4.73. The summed E-state index contributed by atoms with van der Waals surface area (Å²) in [4.78, 5) is 8.94. The third kappa shape index (κ3) is 5.17. The van der Waals surface area contributed by atoms with E-state index >= 15 is 0 Å². The Morgan fingerprint density at radius 3 is 2.81 bits per heavy atom. The Bertz CT molecular complexity index is 891. The highest BCUT2D eigenvalue weighted by atomic mass is 79.9. The number of halogens is 1. The van der Waals surface area contributed by atoms with E-state index in [4.69, 9.17) is 4.99 Å². The highest BCUT2D eigenvalue weighted by Crippen LogP contribution is 2.22. The third-order valence-electron chi connectivity index (χ3n) is 4.10. The average Bonchev–Trinajstić information content (AvgIpc) is 3.22. The summed E-state index contributed by atoms with van der Waals surface area (Å²) in [5.41, 5.74) is 3.30. The first-order valence-corrected chi connectivity index (χ1v) is 9.70. The number of aromatic nitrogens is 3. The van der Waals surface area contributed by atoms with Crippen LogP contribution in [-0.4, -0.2) is 27.7 Å². The Kier molecular flexibility index (Phi) is 6.59. The van der Waals surface area contributed by atoms with E-state index in [9.17, 15) is 0 Å². The zero-order chi connectivity index (χ0) is 19.1. The second-order valence-electron chi connectivity index (χ2n) is 6.12. The molecule has 0 bridgehead atoms. The molecule has 0 aliphatic heterocycles. The molecule has 0 aliphatic rings. The summed E-state index contributed by atoms with van der Waals surface area (Å²) in [6.07, 6.45) is 1.51. The Morgan fingerprint density at radius 2 is 2.07 bits per heavy atom. The lowest BCUT2D eigenvalue weighted by atomic mass is 10.1. The van der Waals surface area contributed by atoms with Crippen molar-refractivity contribution in [3.63, 3.8) is 0 Å². The molecule has 2 aromatic carbocycles. The summed E-state index contributed by atoms with van der Waals surface area (Å²) in [5.74, 6) is 1.54. The molecule has 0 aliphatic carbocycles. The minimum absolute atomic E-state index is 0.124. The van der Waals surface area contributed by atoms with Gasteiger partial charge in [0, 0.05) is 16.6 Å². The Labute approximate surface area is 167 Å². The van der Waals surface area contributed by atoms with Crippen LogP contribution in [0, 0.1) is 0 Å². The molecule has 6 nitrogen and oxygen atoms in total. The van der Waals surface area contributed by atoms with E-state index < -0.39 is 0 Å². The second kappa shape index (κ2) is 9.32. The van der Waals surface area contributed by atoms with Gasteiger partial charge < -0.3 is 10.6 Å². The number of aromatic amines is 1. The van der Waals surface area contributed by atoms with Crippen molar-refractivity contribution in [1.29, 1.82) is 0 Å². The van der Waals surface area contributed by atoms with E-state index in [-0.39, 0.29) is 6.04 Å². The number of nitrogens with zero attached hydrogens (tertiary/aromatic N) is 3. The molecule has 1 aromatic heterocycles. The summed E-state index contributed by atoms with van der Waals surface area (Å²) >= 11 is 3.61. The molecule has 1 atom stereocenters. The first-order valence-electron chi connectivity index (χ1n) is 8.91. The van der Waals surface area contributed by atoms with Crippen LogP contribution in [0.1, 0.15) is 31.0 Å². The fraction of sp³-hybridized carbons (Fsp3) is 0.250. The molecule has 0 radical (unpaired) electrons. The highest BCUT2D eigenvalue weighted by Gasteiger charge is 2.10. The number of rotatable bonds is 6. The van der Waals surface area contributed by atoms with Crippen LogP contribution in [0.15, 0.2) is 64.3 Å². The zero-order valence-electron chi connectivity index (χ0n) is 15.4. The van der Waals surface area contributed by atoms with Crippen LogP contribution in [0.3, 0.4) is 0 Å². The Morgan fingerprint density at radius 1 is 1.22 bits per heavy atom. The van der Waals surface area contributed by atoms with Gasteiger partial charge in [0.1, 0.15) is 6.33 Å². The number of nitrogens with one attached hydrogen (secondary N) is 3. The Balaban J connectivity index is 1.72. The normalized spacial score (nSPS) is 12.6. The summed E-state index contributed by atoms with van der Waals surface area (Å²) in [7, 11) is 0. The van der Waals surface area contributed by atoms with Crippen molar-refractivity contribution in [2.75, 3.05) is 6.54 Å². The lowest BCUT2D eigenvalue weighted by Crippen LogP contribution is -2.38. The minimum Gasteiger partial charge on any atom is -0.357 e. The Hall–Kier alpha value is -2.67. The molecular formula is C20H23BrN6.